The number of aliphatic carboxylic acids is 1. The fraction of sp³-hybridized carbons (Fsp3) is 0.576. The van der Waals surface area contributed by atoms with Gasteiger partial charge in [-0.05, 0) is 154 Å². The molecular formula is C92H146NO8+. The number of allylic oxidation sites excluding steroid dienone is 36. The first-order valence-corrected chi connectivity index (χ1v) is 39.9. The van der Waals surface area contributed by atoms with Gasteiger partial charge in [0.05, 0.1) is 34.4 Å². The summed E-state index contributed by atoms with van der Waals surface area (Å²) >= 11 is 0. The maximum atomic E-state index is 13.0. The monoisotopic (exact) mass is 1390 g/mol. The van der Waals surface area contributed by atoms with Gasteiger partial charge in [-0.1, -0.05) is 335 Å². The average molecular weight is 1390 g/mol. The number of hydrogen-bond acceptors (Lipinski definition) is 7. The summed E-state index contributed by atoms with van der Waals surface area (Å²) in [6, 6.07) is 0. The van der Waals surface area contributed by atoms with Crippen LogP contribution in [0.4, 0.5) is 0 Å². The molecule has 0 aliphatic heterocycles. The molecule has 0 aromatic carbocycles. The lowest BCUT2D eigenvalue weighted by Gasteiger charge is -2.25. The minimum absolute atomic E-state index is 0.173. The van der Waals surface area contributed by atoms with Gasteiger partial charge < -0.3 is 28.5 Å². The van der Waals surface area contributed by atoms with Crippen molar-refractivity contribution in [1.29, 1.82) is 0 Å². The summed E-state index contributed by atoms with van der Waals surface area (Å²) < 4.78 is 23.0. The standard InChI is InChI=1S/C92H145NO8/c1-6-8-10-12-14-16-18-20-22-24-26-28-30-32-34-36-38-40-42-44-45-47-49-51-53-55-57-59-61-63-65-67-69-71-73-75-77-79-81-83-90(95)101-88(87-100-92(91(96)97)98-85-84-93(3,4)5)86-99-89(94)82-80-78-76-74-72-70-68-66-64-62-60-58-56-54-52-50-48-46-43-41-39-37-35-33-31-29-27-25-23-21-19-17-15-13-11-9-7-2/h8-11,14-17,20-23,26-29,32-35,38-41,44-46,48-49,51,55,57,61,63,67,69,88,92H,6-7,12-13,18-19,24-25,30-31,36-37,42-43,47,50,52-54,56,58-60,62,64-66,68,70-87H2,1-5H3/p+1/b10-8-,11-9-,16-14-,17-15-,22-20-,23-21-,28-26-,29-27-,34-32-,35-33-,40-38-,41-39-,45-44-,48-46-,51-49-,57-55-,63-61-,69-67-. The summed E-state index contributed by atoms with van der Waals surface area (Å²) in [5.74, 6) is -2.05. The van der Waals surface area contributed by atoms with Gasteiger partial charge in [-0.3, -0.25) is 9.59 Å². The van der Waals surface area contributed by atoms with Gasteiger partial charge in [0.25, 0.3) is 6.29 Å². The average Bonchev–Trinajstić information content (AvgIpc) is 1.21. The molecule has 101 heavy (non-hydrogen) atoms. The van der Waals surface area contributed by atoms with Crippen molar-refractivity contribution >= 4 is 17.9 Å². The third-order valence-corrected chi connectivity index (χ3v) is 16.2. The summed E-state index contributed by atoms with van der Waals surface area (Å²) in [5, 5.41) is 9.77. The normalized spacial score (nSPS) is 13.9. The van der Waals surface area contributed by atoms with Crippen LogP contribution in [0.3, 0.4) is 0 Å². The first-order chi connectivity index (χ1) is 49.6. The Morgan fingerprint density at radius 2 is 0.535 bits per heavy atom. The van der Waals surface area contributed by atoms with E-state index >= 15 is 0 Å². The number of quaternary nitrogens is 1. The number of nitrogens with zero attached hydrogens (tertiary/aromatic N) is 1. The number of carbonyl (C=O) groups is 3. The van der Waals surface area contributed by atoms with E-state index in [2.05, 4.69) is 233 Å². The van der Waals surface area contributed by atoms with Gasteiger partial charge in [0.15, 0.2) is 6.10 Å². The summed E-state index contributed by atoms with van der Waals surface area (Å²) in [6.45, 7) is 4.61. The van der Waals surface area contributed by atoms with E-state index < -0.39 is 24.3 Å². The largest absolute Gasteiger partial charge is 0.477 e. The van der Waals surface area contributed by atoms with Crippen molar-refractivity contribution < 1.29 is 42.9 Å². The molecule has 9 heteroatoms. The van der Waals surface area contributed by atoms with Crippen molar-refractivity contribution in [3.8, 4) is 0 Å². The maximum Gasteiger partial charge on any atom is 0.361 e. The number of likely N-dealkylation sites (N-methyl/N-ethyl adjacent to an activating group) is 1. The Balaban J connectivity index is 4.17. The number of carboxylic acid groups (broad SMARTS) is 1. The second kappa shape index (κ2) is 79.3. The van der Waals surface area contributed by atoms with Gasteiger partial charge in [-0.15, -0.1) is 0 Å². The molecule has 0 saturated heterocycles. The Hall–Kier alpha value is -6.39. The molecule has 9 nitrogen and oxygen atoms in total. The second-order valence-electron chi connectivity index (χ2n) is 26.9. The van der Waals surface area contributed by atoms with Crippen molar-refractivity contribution in [3.05, 3.63) is 219 Å². The molecule has 2 unspecified atom stereocenters. The molecule has 0 aliphatic rings. The Labute approximate surface area is 619 Å². The van der Waals surface area contributed by atoms with Crippen LogP contribution in [-0.2, 0) is 33.3 Å². The van der Waals surface area contributed by atoms with Gasteiger partial charge in [0, 0.05) is 12.8 Å². The molecule has 0 aromatic rings. The molecule has 0 spiro atoms. The fourth-order valence-electron chi connectivity index (χ4n) is 10.2. The molecule has 566 valence electrons. The third-order valence-electron chi connectivity index (χ3n) is 16.2. The lowest BCUT2D eigenvalue weighted by atomic mass is 10.0. The zero-order valence-electron chi connectivity index (χ0n) is 64.7. The quantitative estimate of drug-likeness (QED) is 0.0211. The van der Waals surface area contributed by atoms with Crippen molar-refractivity contribution in [3.63, 3.8) is 0 Å². The zero-order valence-corrected chi connectivity index (χ0v) is 64.7. The first-order valence-electron chi connectivity index (χ1n) is 39.9. The Morgan fingerprint density at radius 3 is 0.792 bits per heavy atom. The van der Waals surface area contributed by atoms with E-state index in [0.717, 1.165) is 167 Å². The third kappa shape index (κ3) is 80.8. The molecule has 0 heterocycles. The van der Waals surface area contributed by atoms with E-state index in [-0.39, 0.29) is 38.6 Å². The summed E-state index contributed by atoms with van der Waals surface area (Å²) in [4.78, 5) is 37.7. The van der Waals surface area contributed by atoms with Gasteiger partial charge in [-0.25, -0.2) is 4.79 Å². The molecule has 0 bridgehead atoms. The van der Waals surface area contributed by atoms with Crippen molar-refractivity contribution in [2.75, 3.05) is 47.5 Å². The second-order valence-corrected chi connectivity index (χ2v) is 26.9. The topological polar surface area (TPSA) is 108 Å². The van der Waals surface area contributed by atoms with Crippen LogP contribution in [-0.4, -0.2) is 87.4 Å². The van der Waals surface area contributed by atoms with E-state index in [0.29, 0.717) is 17.4 Å². The van der Waals surface area contributed by atoms with E-state index in [1.165, 1.54) is 83.5 Å². The summed E-state index contributed by atoms with van der Waals surface area (Å²) in [7, 11) is 5.96. The summed E-state index contributed by atoms with van der Waals surface area (Å²) in [6.07, 6.45) is 122. The van der Waals surface area contributed by atoms with Crippen molar-refractivity contribution in [2.24, 2.45) is 0 Å². The SMILES string of the molecule is CC/C=C\C/C=C\C/C=C\C/C=C\C/C=C\C/C=C\C/C=C\C/C=C\C/C=C\C/C=C\C/C=C\CCCCCCCC(=O)OC(COC(=O)CCCCCCCCCCCCCCCCC/C=C\C/C=C\C/C=C\C/C=C\C/C=C\C/C=C\C/C=C\CC)COC(OCC[N+](C)(C)C)C(=O)O. The fourth-order valence-corrected chi connectivity index (χ4v) is 10.2. The molecule has 0 fully saturated rings. The van der Waals surface area contributed by atoms with Gasteiger partial charge in [0.1, 0.15) is 13.2 Å². The van der Waals surface area contributed by atoms with Crippen LogP contribution < -0.4 is 0 Å². The molecule has 2 atom stereocenters. The minimum Gasteiger partial charge on any atom is -0.477 e. The number of rotatable bonds is 71. The summed E-state index contributed by atoms with van der Waals surface area (Å²) in [5.41, 5.74) is 0. The molecule has 0 aromatic heterocycles. The highest BCUT2D eigenvalue weighted by Gasteiger charge is 2.25. The van der Waals surface area contributed by atoms with Crippen LogP contribution in [0.1, 0.15) is 284 Å². The Bertz CT molecular complexity index is 2470. The predicted octanol–water partition coefficient (Wildman–Crippen LogP) is 26.0. The Kier molecular flexibility index (Phi) is 74.3. The smallest absolute Gasteiger partial charge is 0.361 e. The van der Waals surface area contributed by atoms with Crippen LogP contribution in [0.25, 0.3) is 0 Å². The van der Waals surface area contributed by atoms with Crippen LogP contribution >= 0.6 is 0 Å². The minimum atomic E-state index is -1.53. The van der Waals surface area contributed by atoms with E-state index in [4.69, 9.17) is 18.9 Å². The van der Waals surface area contributed by atoms with E-state index in [1.807, 2.05) is 21.1 Å². The molecule has 0 aliphatic carbocycles. The highest BCUT2D eigenvalue weighted by molar-refractivity contribution is 5.71. The van der Waals surface area contributed by atoms with E-state index in [9.17, 15) is 19.5 Å². The Morgan fingerprint density at radius 1 is 0.297 bits per heavy atom. The molecule has 0 amide bonds. The molecule has 0 rings (SSSR count). The first kappa shape index (κ1) is 94.6. The maximum absolute atomic E-state index is 13.0. The van der Waals surface area contributed by atoms with E-state index in [1.54, 1.807) is 0 Å². The highest BCUT2D eigenvalue weighted by atomic mass is 16.7. The number of hydrogen-bond donors (Lipinski definition) is 1. The number of carboxylic acids is 1. The van der Waals surface area contributed by atoms with Gasteiger partial charge >= 0.3 is 17.9 Å². The van der Waals surface area contributed by atoms with Gasteiger partial charge in [0.2, 0.25) is 0 Å². The molecule has 1 N–H and O–H groups in total. The molecule has 0 radical (unpaired) electrons. The molecule has 0 saturated carbocycles. The number of ether oxygens (including phenoxy) is 4. The van der Waals surface area contributed by atoms with Crippen LogP contribution in [0, 0.1) is 0 Å². The van der Waals surface area contributed by atoms with Crippen LogP contribution in [0.2, 0.25) is 0 Å². The van der Waals surface area contributed by atoms with Gasteiger partial charge in [-0.2, -0.15) is 0 Å². The highest BCUT2D eigenvalue weighted by Crippen LogP contribution is 2.16. The lowest BCUT2D eigenvalue weighted by Crippen LogP contribution is -2.40. The van der Waals surface area contributed by atoms with Crippen LogP contribution in [0.5, 0.6) is 0 Å². The predicted molar refractivity (Wildman–Crippen MR) is 437 cm³/mol. The number of carbonyl (C=O) groups excluding carboxylic acids is 2. The van der Waals surface area contributed by atoms with Crippen molar-refractivity contribution in [2.45, 2.75) is 296 Å². The molecular weight excluding hydrogens is 1250 g/mol. The van der Waals surface area contributed by atoms with Crippen LogP contribution in [0.15, 0.2) is 219 Å². The lowest BCUT2D eigenvalue weighted by molar-refractivity contribution is -0.870. The number of esters is 2. The van der Waals surface area contributed by atoms with Crippen molar-refractivity contribution in [1.82, 2.24) is 0 Å². The number of unbranched alkanes of at least 4 members (excludes halogenated alkanes) is 20. The zero-order chi connectivity index (χ0) is 73.2.